The zero-order valence-electron chi connectivity index (χ0n) is 21.9. The molecule has 0 unspecified atom stereocenters. The Bertz CT molecular complexity index is 1420. The molecule has 5 rings (SSSR count). The van der Waals surface area contributed by atoms with E-state index in [1.165, 1.54) is 0 Å². The van der Waals surface area contributed by atoms with Crippen LogP contribution in [0.25, 0.3) is 11.4 Å². The number of benzene rings is 2. The number of rotatable bonds is 6. The minimum absolute atomic E-state index is 0.0851. The van der Waals surface area contributed by atoms with Gasteiger partial charge in [-0.05, 0) is 63.1 Å². The molecule has 8 heteroatoms. The van der Waals surface area contributed by atoms with Crippen LogP contribution in [0.2, 0.25) is 0 Å². The highest BCUT2D eigenvalue weighted by atomic mass is 16.5. The summed E-state index contributed by atoms with van der Waals surface area (Å²) in [5.41, 5.74) is 6.08. The van der Waals surface area contributed by atoms with Gasteiger partial charge in [0.2, 0.25) is 11.8 Å². The van der Waals surface area contributed by atoms with Gasteiger partial charge < -0.3 is 19.7 Å². The molecular weight excluding hydrogens is 484 g/mol. The van der Waals surface area contributed by atoms with Gasteiger partial charge in [0.05, 0.1) is 13.2 Å². The first-order valence-electron chi connectivity index (χ1n) is 12.7. The fourth-order valence-corrected chi connectivity index (χ4v) is 5.17. The fraction of sp³-hybridized carbons (Fsp3) is 0.267. The standard InChI is InChI=1S/C30H30N2O6/c1-5-37-29(35)25-21-15-24-22(16-23(21)31(27(25)33)19-11-7-17(3)8-12-19)26(30(36)38-6-2)28(34)32(24)20-13-9-18(4)10-14-20/h7-14,33-34H,5-6,15-16H2,1-4H3. The average molecular weight is 515 g/mol. The SMILES string of the molecule is CCOC(=O)c1c2c(n(-c3ccc(C)cc3)c1O)Cc1c(C(=O)OCC)c(O)n(-c3ccc(C)cc3)c1C2. The quantitative estimate of drug-likeness (QED) is 0.304. The Morgan fingerprint density at radius 2 is 1.03 bits per heavy atom. The minimum Gasteiger partial charge on any atom is -0.494 e. The number of hydrogen-bond acceptors (Lipinski definition) is 6. The molecule has 0 radical (unpaired) electrons. The number of fused-ring (bicyclic) bond motifs is 2. The molecule has 1 aliphatic carbocycles. The second-order valence-corrected chi connectivity index (χ2v) is 9.38. The molecule has 1 aliphatic rings. The highest BCUT2D eigenvalue weighted by Crippen LogP contribution is 2.44. The third-order valence-corrected chi connectivity index (χ3v) is 6.94. The van der Waals surface area contributed by atoms with Gasteiger partial charge in [-0.1, -0.05) is 35.4 Å². The smallest absolute Gasteiger partial charge is 0.343 e. The summed E-state index contributed by atoms with van der Waals surface area (Å²) in [4.78, 5) is 26.2. The molecule has 2 aromatic carbocycles. The molecule has 0 saturated carbocycles. The predicted molar refractivity (Wildman–Crippen MR) is 142 cm³/mol. The highest BCUT2D eigenvalue weighted by molar-refractivity contribution is 5.97. The summed E-state index contributed by atoms with van der Waals surface area (Å²) < 4.78 is 13.9. The molecule has 196 valence electrons. The topological polar surface area (TPSA) is 103 Å². The Hall–Kier alpha value is -4.46. The van der Waals surface area contributed by atoms with Crippen molar-refractivity contribution >= 4 is 11.9 Å². The van der Waals surface area contributed by atoms with E-state index < -0.39 is 11.9 Å². The second-order valence-electron chi connectivity index (χ2n) is 9.38. The zero-order valence-corrected chi connectivity index (χ0v) is 21.9. The maximum atomic E-state index is 13.1. The Morgan fingerprint density at radius 1 is 0.684 bits per heavy atom. The van der Waals surface area contributed by atoms with Gasteiger partial charge in [-0.15, -0.1) is 0 Å². The largest absolute Gasteiger partial charge is 0.494 e. The molecule has 0 bridgehead atoms. The lowest BCUT2D eigenvalue weighted by Crippen LogP contribution is -2.16. The first kappa shape index (κ1) is 25.2. The first-order valence-corrected chi connectivity index (χ1v) is 12.7. The molecular formula is C30H30N2O6. The lowest BCUT2D eigenvalue weighted by molar-refractivity contribution is 0.0511. The lowest BCUT2D eigenvalue weighted by Gasteiger charge is -2.20. The molecule has 2 heterocycles. The highest BCUT2D eigenvalue weighted by Gasteiger charge is 2.38. The molecule has 0 saturated heterocycles. The number of carbonyl (C=O) groups excluding carboxylic acids is 2. The van der Waals surface area contributed by atoms with Crippen molar-refractivity contribution in [3.63, 3.8) is 0 Å². The molecule has 0 fully saturated rings. The van der Waals surface area contributed by atoms with Crippen molar-refractivity contribution < 1.29 is 29.3 Å². The van der Waals surface area contributed by atoms with E-state index in [1.807, 2.05) is 62.4 Å². The van der Waals surface area contributed by atoms with Crippen molar-refractivity contribution in [1.29, 1.82) is 0 Å². The molecule has 8 nitrogen and oxygen atoms in total. The molecule has 0 aliphatic heterocycles. The van der Waals surface area contributed by atoms with Crippen molar-refractivity contribution in [2.45, 2.75) is 40.5 Å². The van der Waals surface area contributed by atoms with Crippen molar-refractivity contribution in [1.82, 2.24) is 9.13 Å². The monoisotopic (exact) mass is 514 g/mol. The molecule has 2 aromatic heterocycles. The van der Waals surface area contributed by atoms with Crippen LogP contribution < -0.4 is 0 Å². The van der Waals surface area contributed by atoms with Gasteiger partial charge in [-0.3, -0.25) is 9.13 Å². The number of nitrogens with zero attached hydrogens (tertiary/aromatic N) is 2. The number of ether oxygens (including phenoxy) is 2. The van der Waals surface area contributed by atoms with Crippen molar-refractivity contribution in [2.75, 3.05) is 13.2 Å². The van der Waals surface area contributed by atoms with E-state index in [0.29, 0.717) is 33.9 Å². The van der Waals surface area contributed by atoms with Gasteiger partial charge in [-0.25, -0.2) is 9.59 Å². The summed E-state index contributed by atoms with van der Waals surface area (Å²) in [5.74, 6) is -1.69. The maximum absolute atomic E-state index is 13.1. The van der Waals surface area contributed by atoms with Crippen LogP contribution in [0.5, 0.6) is 11.8 Å². The average Bonchev–Trinajstić information content (AvgIpc) is 3.33. The molecule has 0 spiro atoms. The van der Waals surface area contributed by atoms with Crippen LogP contribution in [0.1, 0.15) is 68.2 Å². The number of aromatic hydroxyl groups is 2. The van der Waals surface area contributed by atoms with Crippen LogP contribution in [0.15, 0.2) is 48.5 Å². The molecule has 0 atom stereocenters. The van der Waals surface area contributed by atoms with Crippen LogP contribution in [-0.4, -0.2) is 44.5 Å². The van der Waals surface area contributed by atoms with E-state index in [1.54, 1.807) is 23.0 Å². The van der Waals surface area contributed by atoms with Crippen LogP contribution in [0.3, 0.4) is 0 Å². The number of esters is 2. The van der Waals surface area contributed by atoms with E-state index >= 15 is 0 Å². The Balaban J connectivity index is 1.77. The second kappa shape index (κ2) is 9.78. The van der Waals surface area contributed by atoms with E-state index in [-0.39, 0.29) is 48.9 Å². The molecule has 2 N–H and O–H groups in total. The third-order valence-electron chi connectivity index (χ3n) is 6.94. The zero-order chi connectivity index (χ0) is 27.1. The van der Waals surface area contributed by atoms with Crippen molar-refractivity contribution in [3.05, 3.63) is 93.3 Å². The maximum Gasteiger partial charge on any atom is 0.343 e. The van der Waals surface area contributed by atoms with Crippen LogP contribution in [0.4, 0.5) is 0 Å². The van der Waals surface area contributed by atoms with E-state index in [9.17, 15) is 19.8 Å². The van der Waals surface area contributed by atoms with Gasteiger partial charge in [0.1, 0.15) is 11.1 Å². The van der Waals surface area contributed by atoms with Gasteiger partial charge in [0, 0.05) is 35.6 Å². The summed E-state index contributed by atoms with van der Waals surface area (Å²) >= 11 is 0. The summed E-state index contributed by atoms with van der Waals surface area (Å²) in [6.45, 7) is 7.66. The number of aromatic nitrogens is 2. The van der Waals surface area contributed by atoms with Crippen molar-refractivity contribution in [2.24, 2.45) is 0 Å². The van der Waals surface area contributed by atoms with E-state index in [2.05, 4.69) is 0 Å². The van der Waals surface area contributed by atoms with Gasteiger partial charge in [0.15, 0.2) is 0 Å². The Labute approximate surface area is 220 Å². The van der Waals surface area contributed by atoms with Gasteiger partial charge in [0.25, 0.3) is 0 Å². The molecule has 38 heavy (non-hydrogen) atoms. The van der Waals surface area contributed by atoms with E-state index in [4.69, 9.17) is 9.47 Å². The number of carbonyl (C=O) groups is 2. The van der Waals surface area contributed by atoms with Crippen LogP contribution in [0, 0.1) is 13.8 Å². The first-order chi connectivity index (χ1) is 18.3. The normalized spacial score (nSPS) is 12.1. The lowest BCUT2D eigenvalue weighted by atomic mass is 9.90. The number of aryl methyl sites for hydroxylation is 2. The van der Waals surface area contributed by atoms with Crippen LogP contribution in [-0.2, 0) is 22.3 Å². The van der Waals surface area contributed by atoms with Gasteiger partial charge >= 0.3 is 11.9 Å². The Morgan fingerprint density at radius 3 is 1.34 bits per heavy atom. The summed E-state index contributed by atoms with van der Waals surface area (Å²) in [7, 11) is 0. The van der Waals surface area contributed by atoms with Crippen molar-refractivity contribution in [3.8, 4) is 23.1 Å². The summed E-state index contributed by atoms with van der Waals surface area (Å²) in [5, 5.41) is 22.7. The van der Waals surface area contributed by atoms with E-state index in [0.717, 1.165) is 11.1 Å². The van der Waals surface area contributed by atoms with Gasteiger partial charge in [-0.2, -0.15) is 0 Å². The fourth-order valence-electron chi connectivity index (χ4n) is 5.17. The Kier molecular flexibility index (Phi) is 6.48. The third kappa shape index (κ3) is 4.02. The predicted octanol–water partition coefficient (Wildman–Crippen LogP) is 5.14. The molecule has 4 aromatic rings. The summed E-state index contributed by atoms with van der Waals surface area (Å²) in [6, 6.07) is 15.1. The summed E-state index contributed by atoms with van der Waals surface area (Å²) in [6.07, 6.45) is 0.373. The minimum atomic E-state index is -0.626. The van der Waals surface area contributed by atoms with Crippen LogP contribution >= 0.6 is 0 Å². The molecule has 0 amide bonds. The number of hydrogen-bond donors (Lipinski definition) is 2.